The Morgan fingerprint density at radius 1 is 1.45 bits per heavy atom. The lowest BCUT2D eigenvalue weighted by Gasteiger charge is -2.01. The van der Waals surface area contributed by atoms with Crippen molar-refractivity contribution in [2.45, 2.75) is 31.4 Å². The van der Waals surface area contributed by atoms with Gasteiger partial charge in [0.2, 0.25) is 0 Å². The highest BCUT2D eigenvalue weighted by molar-refractivity contribution is 7.98. The molecule has 1 aliphatic rings. The summed E-state index contributed by atoms with van der Waals surface area (Å²) in [4.78, 5) is 32.1. The van der Waals surface area contributed by atoms with Crippen LogP contribution in [0.4, 0.5) is 0 Å². The molecule has 0 spiro atoms. The van der Waals surface area contributed by atoms with Crippen LogP contribution in [0.3, 0.4) is 0 Å². The zero-order valence-electron chi connectivity index (χ0n) is 10.8. The van der Waals surface area contributed by atoms with E-state index < -0.39 is 5.97 Å². The number of thioether (sulfide) groups is 1. The molecule has 0 atom stereocenters. The first-order chi connectivity index (χ1) is 9.65. The number of hydrogen-bond donors (Lipinski definition) is 2. The molecular formula is C13H14N2O3S2. The number of aromatic nitrogens is 2. The second-order valence-electron chi connectivity index (χ2n) is 4.75. The molecule has 0 saturated heterocycles. The number of aryl methyl sites for hydroxylation is 2. The van der Waals surface area contributed by atoms with Gasteiger partial charge in [0.1, 0.15) is 10.7 Å². The molecule has 106 valence electrons. The summed E-state index contributed by atoms with van der Waals surface area (Å²) in [5.41, 5.74) is 1.13. The molecule has 20 heavy (non-hydrogen) atoms. The fraction of sp³-hybridized carbons (Fsp3) is 0.462. The first kappa shape index (κ1) is 13.6. The number of aromatic amines is 1. The molecule has 2 aromatic heterocycles. The minimum absolute atomic E-state index is 0.0526. The number of carboxylic acid groups (broad SMARTS) is 1. The van der Waals surface area contributed by atoms with Gasteiger partial charge in [-0.25, -0.2) is 4.98 Å². The number of hydrogen-bond acceptors (Lipinski definition) is 5. The molecule has 0 aromatic carbocycles. The van der Waals surface area contributed by atoms with E-state index in [2.05, 4.69) is 9.97 Å². The van der Waals surface area contributed by atoms with Crippen molar-refractivity contribution in [1.82, 2.24) is 9.97 Å². The van der Waals surface area contributed by atoms with Crippen LogP contribution in [0.25, 0.3) is 10.2 Å². The van der Waals surface area contributed by atoms with Crippen LogP contribution in [0.1, 0.15) is 29.1 Å². The quantitative estimate of drug-likeness (QED) is 0.827. The van der Waals surface area contributed by atoms with Crippen LogP contribution in [0.2, 0.25) is 0 Å². The van der Waals surface area contributed by atoms with E-state index in [9.17, 15) is 9.59 Å². The maximum atomic E-state index is 12.2. The number of fused-ring (bicyclic) bond motifs is 3. The molecule has 0 amide bonds. The largest absolute Gasteiger partial charge is 0.481 e. The van der Waals surface area contributed by atoms with Crippen molar-refractivity contribution in [1.29, 1.82) is 0 Å². The average molecular weight is 310 g/mol. The van der Waals surface area contributed by atoms with E-state index in [-0.39, 0.29) is 12.0 Å². The topological polar surface area (TPSA) is 83.0 Å². The summed E-state index contributed by atoms with van der Waals surface area (Å²) < 4.78 is 0. The monoisotopic (exact) mass is 310 g/mol. The minimum Gasteiger partial charge on any atom is -0.481 e. The number of carboxylic acids is 1. The zero-order valence-corrected chi connectivity index (χ0v) is 12.4. The minimum atomic E-state index is -0.802. The second-order valence-corrected chi connectivity index (χ2v) is 6.94. The van der Waals surface area contributed by atoms with Gasteiger partial charge in [-0.1, -0.05) is 0 Å². The lowest BCUT2D eigenvalue weighted by molar-refractivity contribution is -0.136. The van der Waals surface area contributed by atoms with Crippen LogP contribution in [-0.2, 0) is 23.4 Å². The van der Waals surface area contributed by atoms with E-state index in [0.29, 0.717) is 17.3 Å². The Morgan fingerprint density at radius 2 is 2.30 bits per heavy atom. The van der Waals surface area contributed by atoms with E-state index in [1.807, 2.05) is 0 Å². The van der Waals surface area contributed by atoms with Crippen molar-refractivity contribution >= 4 is 39.3 Å². The van der Waals surface area contributed by atoms with Gasteiger partial charge in [-0.2, -0.15) is 11.8 Å². The molecule has 0 aliphatic heterocycles. The highest BCUT2D eigenvalue weighted by Gasteiger charge is 2.20. The number of H-pyrrole nitrogens is 1. The average Bonchev–Trinajstić information content (AvgIpc) is 2.94. The van der Waals surface area contributed by atoms with Crippen molar-refractivity contribution in [2.75, 3.05) is 5.75 Å². The van der Waals surface area contributed by atoms with E-state index in [1.165, 1.54) is 22.2 Å². The summed E-state index contributed by atoms with van der Waals surface area (Å²) in [6.07, 6.45) is 3.29. The third-order valence-corrected chi connectivity index (χ3v) is 5.48. The molecule has 0 radical (unpaired) electrons. The molecule has 1 aliphatic carbocycles. The maximum absolute atomic E-state index is 12.2. The number of nitrogens with one attached hydrogen (secondary N) is 1. The lowest BCUT2D eigenvalue weighted by atomic mass is 10.2. The van der Waals surface area contributed by atoms with Crippen molar-refractivity contribution < 1.29 is 9.90 Å². The molecular weight excluding hydrogens is 296 g/mol. The second kappa shape index (κ2) is 5.57. The van der Waals surface area contributed by atoms with Gasteiger partial charge < -0.3 is 10.1 Å². The van der Waals surface area contributed by atoms with Gasteiger partial charge >= 0.3 is 5.97 Å². The summed E-state index contributed by atoms with van der Waals surface area (Å²) in [7, 11) is 0. The van der Waals surface area contributed by atoms with E-state index >= 15 is 0 Å². The van der Waals surface area contributed by atoms with Crippen LogP contribution >= 0.6 is 23.1 Å². The highest BCUT2D eigenvalue weighted by Crippen LogP contribution is 2.34. The van der Waals surface area contributed by atoms with Gasteiger partial charge in [0.25, 0.3) is 5.56 Å². The molecule has 5 nitrogen and oxygen atoms in total. The van der Waals surface area contributed by atoms with E-state index in [1.54, 1.807) is 11.3 Å². The number of nitrogens with zero attached hydrogens (tertiary/aromatic N) is 1. The Kier molecular flexibility index (Phi) is 3.80. The van der Waals surface area contributed by atoms with Crippen LogP contribution in [0.5, 0.6) is 0 Å². The Labute approximate surface area is 123 Å². The van der Waals surface area contributed by atoms with Gasteiger partial charge in [-0.3, -0.25) is 9.59 Å². The Bertz CT molecular complexity index is 720. The number of carbonyl (C=O) groups is 1. The van der Waals surface area contributed by atoms with Crippen LogP contribution in [0.15, 0.2) is 4.79 Å². The molecule has 7 heteroatoms. The first-order valence-corrected chi connectivity index (χ1v) is 8.45. The van der Waals surface area contributed by atoms with Crippen molar-refractivity contribution in [3.63, 3.8) is 0 Å². The highest BCUT2D eigenvalue weighted by atomic mass is 32.2. The fourth-order valence-electron chi connectivity index (χ4n) is 2.44. The molecule has 2 N–H and O–H groups in total. The fourth-order valence-corrected chi connectivity index (χ4v) is 4.52. The van der Waals surface area contributed by atoms with Crippen LogP contribution in [-0.4, -0.2) is 26.8 Å². The molecule has 0 bridgehead atoms. The Hall–Kier alpha value is -1.34. The van der Waals surface area contributed by atoms with Crippen molar-refractivity contribution in [3.05, 3.63) is 26.6 Å². The van der Waals surface area contributed by atoms with Gasteiger partial charge in [0, 0.05) is 10.6 Å². The summed E-state index contributed by atoms with van der Waals surface area (Å²) in [5.74, 6) is 0.904. The van der Waals surface area contributed by atoms with Crippen molar-refractivity contribution in [2.24, 2.45) is 0 Å². The maximum Gasteiger partial charge on any atom is 0.304 e. The van der Waals surface area contributed by atoms with Crippen LogP contribution < -0.4 is 5.56 Å². The van der Waals surface area contributed by atoms with Gasteiger partial charge in [-0.05, 0) is 24.8 Å². The Morgan fingerprint density at radius 3 is 3.10 bits per heavy atom. The van der Waals surface area contributed by atoms with E-state index in [0.717, 1.165) is 29.5 Å². The number of rotatable bonds is 5. The lowest BCUT2D eigenvalue weighted by Crippen LogP contribution is -2.11. The molecule has 3 rings (SSSR count). The molecule has 0 saturated carbocycles. The smallest absolute Gasteiger partial charge is 0.304 e. The standard InChI is InChI=1S/C13H14N2O3S2/c16-10(17)4-5-19-6-9-14-12(18)11-7-2-1-3-8(7)20-13(11)15-9/h1-6H2,(H,16,17)(H,14,15,18). The molecule has 2 heterocycles. The SMILES string of the molecule is O=C(O)CCSCc1nc2sc3c(c2c(=O)[nH]1)CCC3. The van der Waals surface area contributed by atoms with Crippen molar-refractivity contribution in [3.8, 4) is 0 Å². The molecule has 0 fully saturated rings. The first-order valence-electron chi connectivity index (χ1n) is 6.48. The van der Waals surface area contributed by atoms with Gasteiger partial charge in [-0.15, -0.1) is 11.3 Å². The summed E-state index contributed by atoms with van der Waals surface area (Å²) in [6.45, 7) is 0. The third-order valence-electron chi connectivity index (χ3n) is 3.32. The van der Waals surface area contributed by atoms with Gasteiger partial charge in [0.05, 0.1) is 17.6 Å². The normalized spacial score (nSPS) is 13.8. The third kappa shape index (κ3) is 2.60. The van der Waals surface area contributed by atoms with E-state index in [4.69, 9.17) is 5.11 Å². The van der Waals surface area contributed by atoms with Crippen LogP contribution in [0, 0.1) is 0 Å². The molecule has 0 unspecified atom stereocenters. The summed E-state index contributed by atoms with van der Waals surface area (Å²) in [5, 5.41) is 9.34. The van der Waals surface area contributed by atoms with Gasteiger partial charge in [0.15, 0.2) is 0 Å². The number of aliphatic carboxylic acids is 1. The predicted octanol–water partition coefficient (Wildman–Crippen LogP) is 2.18. The Balaban J connectivity index is 1.80. The summed E-state index contributed by atoms with van der Waals surface area (Å²) >= 11 is 3.10. The predicted molar refractivity (Wildman–Crippen MR) is 80.7 cm³/mol. The summed E-state index contributed by atoms with van der Waals surface area (Å²) in [6, 6.07) is 0. The molecule has 2 aromatic rings. The zero-order chi connectivity index (χ0) is 14.1. The number of thiophene rings is 1.